The molecule has 2 heteroatoms. The molecule has 0 aliphatic heterocycles. The van der Waals surface area contributed by atoms with Crippen molar-refractivity contribution in [2.24, 2.45) is 0 Å². The zero-order valence-corrected chi connectivity index (χ0v) is 9.68. The van der Waals surface area contributed by atoms with Crippen molar-refractivity contribution in [2.75, 3.05) is 0 Å². The Bertz CT molecular complexity index is 555. The summed E-state index contributed by atoms with van der Waals surface area (Å²) in [6.07, 6.45) is 0.408. The molecule has 0 N–H and O–H groups in total. The van der Waals surface area contributed by atoms with Crippen molar-refractivity contribution in [1.29, 1.82) is 5.26 Å². The molecule has 0 aliphatic carbocycles. The Balaban J connectivity index is 2.22. The van der Waals surface area contributed by atoms with Crippen molar-refractivity contribution in [2.45, 2.75) is 13.3 Å². The quantitative estimate of drug-likeness (QED) is 0.791. The van der Waals surface area contributed by atoms with Crippen LogP contribution in [-0.2, 0) is 6.42 Å². The second-order valence-corrected chi connectivity index (χ2v) is 3.85. The molecule has 0 fully saturated rings. The Labute approximate surface area is 101 Å². The molecule has 2 rings (SSSR count). The van der Waals surface area contributed by atoms with Gasteiger partial charge in [-0.05, 0) is 36.2 Å². The fourth-order valence-corrected chi connectivity index (χ4v) is 1.61. The van der Waals surface area contributed by atoms with Crippen LogP contribution in [0.15, 0.2) is 48.5 Å². The van der Waals surface area contributed by atoms with Crippen LogP contribution in [0.2, 0.25) is 0 Å². The summed E-state index contributed by atoms with van der Waals surface area (Å²) < 4.78 is 5.79. The predicted molar refractivity (Wildman–Crippen MR) is 67.0 cm³/mol. The van der Waals surface area contributed by atoms with E-state index in [4.69, 9.17) is 10.00 Å². The summed E-state index contributed by atoms with van der Waals surface area (Å²) in [4.78, 5) is 0. The predicted octanol–water partition coefficient (Wildman–Crippen LogP) is 3.85. The lowest BCUT2D eigenvalue weighted by atomic mass is 10.1. The lowest BCUT2D eigenvalue weighted by molar-refractivity contribution is 0.478. The maximum Gasteiger partial charge on any atom is 0.130 e. The van der Waals surface area contributed by atoms with Crippen molar-refractivity contribution in [3.63, 3.8) is 0 Å². The second-order valence-electron chi connectivity index (χ2n) is 3.85. The van der Waals surface area contributed by atoms with Crippen molar-refractivity contribution in [3.8, 4) is 17.6 Å². The molecule has 2 aromatic rings. The Morgan fingerprint density at radius 3 is 2.71 bits per heavy atom. The minimum absolute atomic E-state index is 0.408. The lowest BCUT2D eigenvalue weighted by Crippen LogP contribution is -1.88. The Morgan fingerprint density at radius 1 is 1.12 bits per heavy atom. The van der Waals surface area contributed by atoms with Gasteiger partial charge in [0.05, 0.1) is 12.5 Å². The Morgan fingerprint density at radius 2 is 1.94 bits per heavy atom. The first-order chi connectivity index (χ1) is 8.29. The summed E-state index contributed by atoms with van der Waals surface area (Å²) in [5.74, 6) is 1.62. The van der Waals surface area contributed by atoms with Gasteiger partial charge in [0.15, 0.2) is 0 Å². The van der Waals surface area contributed by atoms with Gasteiger partial charge in [0.25, 0.3) is 0 Å². The monoisotopic (exact) mass is 223 g/mol. The van der Waals surface area contributed by atoms with Crippen LogP contribution in [-0.4, -0.2) is 0 Å². The number of rotatable bonds is 3. The maximum absolute atomic E-state index is 8.65. The molecular weight excluding hydrogens is 210 g/mol. The number of nitriles is 1. The van der Waals surface area contributed by atoms with E-state index >= 15 is 0 Å². The van der Waals surface area contributed by atoms with E-state index in [1.165, 1.54) is 0 Å². The van der Waals surface area contributed by atoms with Crippen molar-refractivity contribution in [1.82, 2.24) is 0 Å². The van der Waals surface area contributed by atoms with Gasteiger partial charge < -0.3 is 4.74 Å². The highest BCUT2D eigenvalue weighted by molar-refractivity contribution is 5.38. The molecule has 0 saturated carbocycles. The molecule has 0 spiro atoms. The van der Waals surface area contributed by atoms with Crippen LogP contribution < -0.4 is 4.74 Å². The van der Waals surface area contributed by atoms with E-state index in [1.54, 1.807) is 0 Å². The van der Waals surface area contributed by atoms with Crippen LogP contribution in [0, 0.1) is 18.3 Å². The molecule has 0 heterocycles. The van der Waals surface area contributed by atoms with Gasteiger partial charge in [0, 0.05) is 0 Å². The zero-order valence-electron chi connectivity index (χ0n) is 9.68. The van der Waals surface area contributed by atoms with E-state index in [1.807, 2.05) is 55.5 Å². The van der Waals surface area contributed by atoms with E-state index < -0.39 is 0 Å². The third-order valence-electron chi connectivity index (χ3n) is 2.50. The summed E-state index contributed by atoms with van der Waals surface area (Å²) in [5.41, 5.74) is 2.07. The molecule has 84 valence electrons. The first kappa shape index (κ1) is 11.2. The summed E-state index contributed by atoms with van der Waals surface area (Å²) in [6, 6.07) is 17.6. The van der Waals surface area contributed by atoms with Gasteiger partial charge >= 0.3 is 0 Å². The molecule has 0 aliphatic rings. The van der Waals surface area contributed by atoms with Crippen LogP contribution in [0.5, 0.6) is 11.5 Å². The SMILES string of the molecule is Cc1ccccc1Oc1cccc(CC#N)c1. The molecule has 0 atom stereocenters. The number of nitrogens with zero attached hydrogens (tertiary/aromatic N) is 1. The number of benzene rings is 2. The lowest BCUT2D eigenvalue weighted by Gasteiger charge is -2.08. The fraction of sp³-hybridized carbons (Fsp3) is 0.133. The standard InChI is InChI=1S/C15H13NO/c1-12-5-2-3-8-15(12)17-14-7-4-6-13(11-14)9-10-16/h2-8,11H,9H2,1H3. The first-order valence-electron chi connectivity index (χ1n) is 5.49. The van der Waals surface area contributed by atoms with E-state index in [9.17, 15) is 0 Å². The molecular formula is C15H13NO. The Hall–Kier alpha value is -2.27. The summed E-state index contributed by atoms with van der Waals surface area (Å²) in [7, 11) is 0. The fourth-order valence-electron chi connectivity index (χ4n) is 1.61. The van der Waals surface area contributed by atoms with Gasteiger partial charge in [-0.15, -0.1) is 0 Å². The van der Waals surface area contributed by atoms with Gasteiger partial charge in [-0.1, -0.05) is 30.3 Å². The van der Waals surface area contributed by atoms with E-state index in [-0.39, 0.29) is 0 Å². The highest BCUT2D eigenvalue weighted by atomic mass is 16.5. The van der Waals surface area contributed by atoms with Crippen LogP contribution in [0.4, 0.5) is 0 Å². The third kappa shape index (κ3) is 2.85. The highest BCUT2D eigenvalue weighted by Gasteiger charge is 2.01. The minimum atomic E-state index is 0.408. The number of aryl methyl sites for hydroxylation is 1. The molecule has 17 heavy (non-hydrogen) atoms. The van der Waals surface area contributed by atoms with Gasteiger partial charge in [-0.25, -0.2) is 0 Å². The van der Waals surface area contributed by atoms with Crippen LogP contribution in [0.25, 0.3) is 0 Å². The number of hydrogen-bond donors (Lipinski definition) is 0. The zero-order chi connectivity index (χ0) is 12.1. The molecule has 0 saturated heterocycles. The van der Waals surface area contributed by atoms with Gasteiger partial charge in [-0.3, -0.25) is 0 Å². The smallest absolute Gasteiger partial charge is 0.130 e. The topological polar surface area (TPSA) is 33.0 Å². The average Bonchev–Trinajstić information content (AvgIpc) is 2.33. The highest BCUT2D eigenvalue weighted by Crippen LogP contribution is 2.25. The molecule has 0 radical (unpaired) electrons. The van der Waals surface area contributed by atoms with E-state index in [0.717, 1.165) is 22.6 Å². The van der Waals surface area contributed by atoms with Gasteiger partial charge in [-0.2, -0.15) is 5.26 Å². The molecule has 0 unspecified atom stereocenters. The number of ether oxygens (including phenoxy) is 1. The van der Waals surface area contributed by atoms with E-state index in [0.29, 0.717) is 6.42 Å². The van der Waals surface area contributed by atoms with Gasteiger partial charge in [0.1, 0.15) is 11.5 Å². The molecule has 0 aromatic heterocycles. The Kier molecular flexibility index (Phi) is 3.42. The normalized spacial score (nSPS) is 9.65. The van der Waals surface area contributed by atoms with Crippen LogP contribution in [0.3, 0.4) is 0 Å². The molecule has 2 nitrogen and oxygen atoms in total. The first-order valence-corrected chi connectivity index (χ1v) is 5.49. The van der Waals surface area contributed by atoms with Crippen LogP contribution in [0.1, 0.15) is 11.1 Å². The molecule has 0 amide bonds. The molecule has 2 aromatic carbocycles. The largest absolute Gasteiger partial charge is 0.457 e. The van der Waals surface area contributed by atoms with Crippen LogP contribution >= 0.6 is 0 Å². The minimum Gasteiger partial charge on any atom is -0.457 e. The van der Waals surface area contributed by atoms with Gasteiger partial charge in [0.2, 0.25) is 0 Å². The number of para-hydroxylation sites is 1. The third-order valence-corrected chi connectivity index (χ3v) is 2.50. The summed E-state index contributed by atoms with van der Waals surface area (Å²) in [5, 5.41) is 8.65. The average molecular weight is 223 g/mol. The van der Waals surface area contributed by atoms with Crippen molar-refractivity contribution < 1.29 is 4.74 Å². The van der Waals surface area contributed by atoms with Crippen molar-refractivity contribution in [3.05, 3.63) is 59.7 Å². The van der Waals surface area contributed by atoms with E-state index in [2.05, 4.69) is 6.07 Å². The summed E-state index contributed by atoms with van der Waals surface area (Å²) >= 11 is 0. The molecule has 0 bridgehead atoms. The second kappa shape index (κ2) is 5.18. The number of hydrogen-bond acceptors (Lipinski definition) is 2. The summed E-state index contributed by atoms with van der Waals surface area (Å²) in [6.45, 7) is 2.01. The van der Waals surface area contributed by atoms with Crippen molar-refractivity contribution >= 4 is 0 Å². The maximum atomic E-state index is 8.65.